The van der Waals surface area contributed by atoms with Gasteiger partial charge in [-0.1, -0.05) is 32.9 Å². The number of anilines is 1. The number of amides is 1. The lowest BCUT2D eigenvalue weighted by Gasteiger charge is -2.29. The van der Waals surface area contributed by atoms with E-state index in [9.17, 15) is 14.7 Å². The van der Waals surface area contributed by atoms with E-state index in [0.717, 1.165) is 0 Å². The van der Waals surface area contributed by atoms with Crippen LogP contribution in [0.25, 0.3) is 0 Å². The lowest BCUT2D eigenvalue weighted by Crippen LogP contribution is -2.32. The van der Waals surface area contributed by atoms with Crippen LogP contribution >= 0.6 is 0 Å². The second-order valence-corrected chi connectivity index (χ2v) is 8.46. The van der Waals surface area contributed by atoms with Gasteiger partial charge in [0, 0.05) is 17.2 Å². The third kappa shape index (κ3) is 3.60. The molecule has 2 aliphatic rings. The fraction of sp³-hybridized carbons (Fsp3) is 0.333. The van der Waals surface area contributed by atoms with Crippen molar-refractivity contribution in [2.75, 3.05) is 18.3 Å². The number of carbonyl (C=O) groups is 2. The average Bonchev–Trinajstić information content (AvgIpc) is 3.30. The summed E-state index contributed by atoms with van der Waals surface area (Å²) >= 11 is 0. The van der Waals surface area contributed by atoms with Crippen LogP contribution in [-0.4, -0.2) is 30.2 Å². The SMILES string of the molecule is CCOc1ccc(C2C(C(=O)C(C)(C)C)=C(O)C(=O)N2c2ccc3c(c2)OCO3)cc1. The van der Waals surface area contributed by atoms with Gasteiger partial charge in [-0.2, -0.15) is 0 Å². The molecule has 0 bridgehead atoms. The molecule has 7 nitrogen and oxygen atoms in total. The maximum Gasteiger partial charge on any atom is 0.294 e. The van der Waals surface area contributed by atoms with Crippen LogP contribution in [0.1, 0.15) is 39.3 Å². The van der Waals surface area contributed by atoms with Crippen LogP contribution < -0.4 is 19.1 Å². The second-order valence-electron chi connectivity index (χ2n) is 8.46. The van der Waals surface area contributed by atoms with E-state index in [1.165, 1.54) is 4.90 Å². The van der Waals surface area contributed by atoms with E-state index in [1.807, 2.05) is 6.92 Å². The van der Waals surface area contributed by atoms with Crippen LogP contribution in [0.4, 0.5) is 5.69 Å². The highest BCUT2D eigenvalue weighted by Crippen LogP contribution is 2.45. The molecular weight excluding hydrogens is 398 g/mol. The Bertz CT molecular complexity index is 1060. The van der Waals surface area contributed by atoms with E-state index in [0.29, 0.717) is 35.1 Å². The summed E-state index contributed by atoms with van der Waals surface area (Å²) in [6.07, 6.45) is 0. The van der Waals surface area contributed by atoms with Gasteiger partial charge in [0.05, 0.1) is 18.2 Å². The van der Waals surface area contributed by atoms with Crippen molar-refractivity contribution < 1.29 is 28.9 Å². The summed E-state index contributed by atoms with van der Waals surface area (Å²) in [5.74, 6) is 0.312. The van der Waals surface area contributed by atoms with E-state index in [1.54, 1.807) is 63.2 Å². The number of carbonyl (C=O) groups excluding carboxylic acids is 2. The van der Waals surface area contributed by atoms with Gasteiger partial charge in [0.15, 0.2) is 23.0 Å². The van der Waals surface area contributed by atoms with Gasteiger partial charge in [-0.15, -0.1) is 0 Å². The first-order valence-electron chi connectivity index (χ1n) is 10.2. The number of rotatable bonds is 5. The molecule has 1 unspecified atom stereocenters. The van der Waals surface area contributed by atoms with Gasteiger partial charge >= 0.3 is 0 Å². The number of ketones is 1. The standard InChI is InChI=1S/C24H25NO6/c1-5-29-16-9-6-14(7-10-16)20-19(22(27)24(2,3)4)21(26)23(28)25(20)15-8-11-17-18(12-15)31-13-30-17/h6-12,20,26H,5,13H2,1-4H3. The quantitative estimate of drug-likeness (QED) is 0.771. The highest BCUT2D eigenvalue weighted by Gasteiger charge is 2.46. The van der Waals surface area contributed by atoms with Crippen LogP contribution in [0.3, 0.4) is 0 Å². The van der Waals surface area contributed by atoms with Crippen molar-refractivity contribution >= 4 is 17.4 Å². The Labute approximate surface area is 180 Å². The number of hydrogen-bond acceptors (Lipinski definition) is 6. The minimum absolute atomic E-state index is 0.0827. The Morgan fingerprint density at radius 2 is 1.81 bits per heavy atom. The highest BCUT2D eigenvalue weighted by atomic mass is 16.7. The van der Waals surface area contributed by atoms with Gasteiger partial charge < -0.3 is 19.3 Å². The lowest BCUT2D eigenvalue weighted by molar-refractivity contribution is -0.123. The van der Waals surface area contributed by atoms with Crippen molar-refractivity contribution in [2.24, 2.45) is 5.41 Å². The molecule has 0 saturated carbocycles. The molecule has 1 amide bonds. The van der Waals surface area contributed by atoms with E-state index >= 15 is 0 Å². The summed E-state index contributed by atoms with van der Waals surface area (Å²) in [6, 6.07) is 11.5. The second kappa shape index (κ2) is 7.65. The zero-order valence-electron chi connectivity index (χ0n) is 18.0. The Kier molecular flexibility index (Phi) is 5.13. The van der Waals surface area contributed by atoms with Crippen molar-refractivity contribution in [1.29, 1.82) is 0 Å². The van der Waals surface area contributed by atoms with E-state index in [2.05, 4.69) is 0 Å². The molecule has 0 spiro atoms. The van der Waals surface area contributed by atoms with Gasteiger partial charge in [0.1, 0.15) is 5.75 Å². The Morgan fingerprint density at radius 3 is 2.45 bits per heavy atom. The van der Waals surface area contributed by atoms with Crippen LogP contribution in [-0.2, 0) is 9.59 Å². The van der Waals surface area contributed by atoms with Crippen molar-refractivity contribution in [3.63, 3.8) is 0 Å². The van der Waals surface area contributed by atoms with Gasteiger partial charge in [-0.05, 0) is 36.8 Å². The fourth-order valence-corrected chi connectivity index (χ4v) is 3.77. The van der Waals surface area contributed by atoms with Gasteiger partial charge in [-0.25, -0.2) is 0 Å². The number of aliphatic hydroxyl groups is 1. The Morgan fingerprint density at radius 1 is 1.13 bits per heavy atom. The molecule has 2 aromatic rings. The Hall–Kier alpha value is -3.48. The first-order chi connectivity index (χ1) is 14.7. The molecule has 0 saturated heterocycles. The number of nitrogens with zero attached hydrogens (tertiary/aromatic N) is 1. The number of hydrogen-bond donors (Lipinski definition) is 1. The van der Waals surface area contributed by atoms with E-state index in [4.69, 9.17) is 14.2 Å². The van der Waals surface area contributed by atoms with Crippen molar-refractivity contribution in [1.82, 2.24) is 0 Å². The number of ether oxygens (including phenoxy) is 3. The molecule has 31 heavy (non-hydrogen) atoms. The molecule has 0 radical (unpaired) electrons. The third-order valence-electron chi connectivity index (χ3n) is 5.28. The predicted octanol–water partition coefficient (Wildman–Crippen LogP) is 4.33. The molecule has 0 fully saturated rings. The van der Waals surface area contributed by atoms with Crippen molar-refractivity contribution in [2.45, 2.75) is 33.7 Å². The molecule has 0 aromatic heterocycles. The molecule has 2 heterocycles. The summed E-state index contributed by atoms with van der Waals surface area (Å²) in [7, 11) is 0. The summed E-state index contributed by atoms with van der Waals surface area (Å²) in [6.45, 7) is 7.81. The largest absolute Gasteiger partial charge is 0.503 e. The predicted molar refractivity (Wildman–Crippen MR) is 115 cm³/mol. The number of fused-ring (bicyclic) bond motifs is 1. The molecule has 0 aliphatic carbocycles. The monoisotopic (exact) mass is 423 g/mol. The lowest BCUT2D eigenvalue weighted by atomic mass is 9.82. The van der Waals surface area contributed by atoms with Crippen LogP contribution in [0, 0.1) is 5.41 Å². The summed E-state index contributed by atoms with van der Waals surface area (Å²) in [4.78, 5) is 27.9. The number of Topliss-reactive ketones (excluding diaryl/α,β-unsaturated/α-hetero) is 1. The minimum atomic E-state index is -0.782. The molecule has 1 atom stereocenters. The fourth-order valence-electron chi connectivity index (χ4n) is 3.77. The van der Waals surface area contributed by atoms with E-state index in [-0.39, 0.29) is 18.1 Å². The minimum Gasteiger partial charge on any atom is -0.503 e. The highest BCUT2D eigenvalue weighted by molar-refractivity contribution is 6.17. The zero-order chi connectivity index (χ0) is 22.3. The van der Waals surface area contributed by atoms with E-state index < -0.39 is 23.1 Å². The smallest absolute Gasteiger partial charge is 0.294 e. The molecular formula is C24H25NO6. The summed E-state index contributed by atoms with van der Waals surface area (Å²) in [5.41, 5.74) is 0.486. The van der Waals surface area contributed by atoms with Crippen LogP contribution in [0.2, 0.25) is 0 Å². The normalized spacial score (nSPS) is 18.0. The molecule has 4 rings (SSSR count). The maximum absolute atomic E-state index is 13.3. The molecule has 162 valence electrons. The van der Waals surface area contributed by atoms with Crippen LogP contribution in [0.15, 0.2) is 53.8 Å². The molecule has 2 aliphatic heterocycles. The van der Waals surface area contributed by atoms with Crippen molar-refractivity contribution in [3.05, 3.63) is 59.4 Å². The maximum atomic E-state index is 13.3. The van der Waals surface area contributed by atoms with Gasteiger partial charge in [0.25, 0.3) is 5.91 Å². The Balaban J connectivity index is 1.83. The van der Waals surface area contributed by atoms with Gasteiger partial charge in [-0.3, -0.25) is 14.5 Å². The number of aliphatic hydroxyl groups excluding tert-OH is 1. The summed E-state index contributed by atoms with van der Waals surface area (Å²) in [5, 5.41) is 10.8. The third-order valence-corrected chi connectivity index (χ3v) is 5.28. The molecule has 1 N–H and O–H groups in total. The molecule has 2 aromatic carbocycles. The molecule has 7 heteroatoms. The van der Waals surface area contributed by atoms with Crippen LogP contribution in [0.5, 0.6) is 17.2 Å². The van der Waals surface area contributed by atoms with Gasteiger partial charge in [0.2, 0.25) is 6.79 Å². The first kappa shape index (κ1) is 20.8. The first-order valence-corrected chi connectivity index (χ1v) is 10.2. The number of benzene rings is 2. The topological polar surface area (TPSA) is 85.3 Å². The summed E-state index contributed by atoms with van der Waals surface area (Å²) < 4.78 is 16.3. The van der Waals surface area contributed by atoms with Crippen molar-refractivity contribution in [3.8, 4) is 17.2 Å². The zero-order valence-corrected chi connectivity index (χ0v) is 18.0. The average molecular weight is 423 g/mol.